The van der Waals surface area contributed by atoms with E-state index >= 15 is 0 Å². The van der Waals surface area contributed by atoms with Crippen molar-refractivity contribution in [3.05, 3.63) is 30.1 Å². The predicted octanol–water partition coefficient (Wildman–Crippen LogP) is 0.791. The van der Waals surface area contributed by atoms with Gasteiger partial charge in [-0.3, -0.25) is 15.2 Å². The monoisotopic (exact) mass is 237 g/mol. The third-order valence-electron chi connectivity index (χ3n) is 1.94. The van der Waals surface area contributed by atoms with Gasteiger partial charge in [0.1, 0.15) is 0 Å². The molecule has 0 atom stereocenters. The molecule has 1 aromatic heterocycles. The van der Waals surface area contributed by atoms with Crippen LogP contribution in [0, 0.1) is 0 Å². The standard InChI is InChI=1S/C11H15N3O3/c1-2-17-11(16)14-13-10(15)6-5-9-4-3-7-12-8-9/h3-4,7-8H,2,5-6H2,1H3,(H,13,15)(H,14,16). The third-order valence-corrected chi connectivity index (χ3v) is 1.94. The molecule has 1 rings (SSSR count). The molecule has 1 heterocycles. The molecule has 0 saturated carbocycles. The van der Waals surface area contributed by atoms with Crippen LogP contribution in [0.2, 0.25) is 0 Å². The molecule has 0 saturated heterocycles. The summed E-state index contributed by atoms with van der Waals surface area (Å²) in [7, 11) is 0. The van der Waals surface area contributed by atoms with Crippen LogP contribution in [0.3, 0.4) is 0 Å². The van der Waals surface area contributed by atoms with Crippen molar-refractivity contribution in [2.24, 2.45) is 0 Å². The first-order valence-electron chi connectivity index (χ1n) is 5.33. The van der Waals surface area contributed by atoms with Crippen molar-refractivity contribution in [1.82, 2.24) is 15.8 Å². The number of carbonyl (C=O) groups excluding carboxylic acids is 2. The summed E-state index contributed by atoms with van der Waals surface area (Å²) in [5.74, 6) is -0.276. The van der Waals surface area contributed by atoms with Crippen molar-refractivity contribution in [2.45, 2.75) is 19.8 Å². The smallest absolute Gasteiger partial charge is 0.426 e. The van der Waals surface area contributed by atoms with E-state index in [1.807, 2.05) is 12.1 Å². The lowest BCUT2D eigenvalue weighted by Gasteiger charge is -2.06. The molecule has 6 heteroatoms. The summed E-state index contributed by atoms with van der Waals surface area (Å²) >= 11 is 0. The molecule has 1 aromatic rings. The van der Waals surface area contributed by atoms with E-state index in [2.05, 4.69) is 20.6 Å². The molecule has 0 radical (unpaired) electrons. The van der Waals surface area contributed by atoms with Crippen LogP contribution in [-0.4, -0.2) is 23.6 Å². The van der Waals surface area contributed by atoms with E-state index < -0.39 is 6.09 Å². The van der Waals surface area contributed by atoms with Crippen LogP contribution in [0.25, 0.3) is 0 Å². The highest BCUT2D eigenvalue weighted by atomic mass is 16.5. The van der Waals surface area contributed by atoms with E-state index in [1.54, 1.807) is 19.3 Å². The topological polar surface area (TPSA) is 80.3 Å². The van der Waals surface area contributed by atoms with Gasteiger partial charge in [0.05, 0.1) is 6.61 Å². The quantitative estimate of drug-likeness (QED) is 0.759. The SMILES string of the molecule is CCOC(=O)NNC(=O)CCc1cccnc1. The molecular formula is C11H15N3O3. The Hall–Kier alpha value is -2.11. The Kier molecular flexibility index (Phi) is 5.50. The Labute approximate surface area is 99.3 Å². The normalized spacial score (nSPS) is 9.47. The van der Waals surface area contributed by atoms with E-state index in [9.17, 15) is 9.59 Å². The van der Waals surface area contributed by atoms with Crippen molar-refractivity contribution >= 4 is 12.0 Å². The average Bonchev–Trinajstić information content (AvgIpc) is 2.35. The van der Waals surface area contributed by atoms with Crippen LogP contribution in [0.15, 0.2) is 24.5 Å². The number of rotatable bonds is 4. The van der Waals surface area contributed by atoms with Crippen LogP contribution in [0.5, 0.6) is 0 Å². The van der Waals surface area contributed by atoms with Crippen molar-refractivity contribution in [2.75, 3.05) is 6.61 Å². The maximum Gasteiger partial charge on any atom is 0.426 e. The zero-order valence-corrected chi connectivity index (χ0v) is 9.60. The number of hydrogen-bond acceptors (Lipinski definition) is 4. The molecular weight excluding hydrogens is 222 g/mol. The van der Waals surface area contributed by atoms with Gasteiger partial charge in [0, 0.05) is 18.8 Å². The molecule has 6 nitrogen and oxygen atoms in total. The number of nitrogens with zero attached hydrogens (tertiary/aromatic N) is 1. The summed E-state index contributed by atoms with van der Waals surface area (Å²) in [5.41, 5.74) is 5.37. The lowest BCUT2D eigenvalue weighted by atomic mass is 10.1. The van der Waals surface area contributed by atoms with Gasteiger partial charge >= 0.3 is 6.09 Å². The molecule has 0 aliphatic carbocycles. The number of hydrogen-bond donors (Lipinski definition) is 2. The van der Waals surface area contributed by atoms with Gasteiger partial charge < -0.3 is 4.74 Å². The van der Waals surface area contributed by atoms with Gasteiger partial charge in [0.15, 0.2) is 0 Å². The zero-order valence-electron chi connectivity index (χ0n) is 9.60. The lowest BCUT2D eigenvalue weighted by Crippen LogP contribution is -2.42. The fourth-order valence-electron chi connectivity index (χ4n) is 1.15. The number of aromatic nitrogens is 1. The molecule has 0 aliphatic heterocycles. The van der Waals surface area contributed by atoms with E-state index in [-0.39, 0.29) is 18.9 Å². The first-order chi connectivity index (χ1) is 8.22. The summed E-state index contributed by atoms with van der Waals surface area (Å²) in [6, 6.07) is 3.70. The lowest BCUT2D eigenvalue weighted by molar-refractivity contribution is -0.121. The van der Waals surface area contributed by atoms with Crippen LogP contribution < -0.4 is 10.9 Å². The minimum absolute atomic E-state index is 0.261. The van der Waals surface area contributed by atoms with E-state index in [1.165, 1.54) is 0 Å². The second-order valence-electron chi connectivity index (χ2n) is 3.25. The molecule has 0 bridgehead atoms. The number of ether oxygens (including phenoxy) is 1. The zero-order chi connectivity index (χ0) is 12.5. The number of nitrogens with one attached hydrogen (secondary N) is 2. The fraction of sp³-hybridized carbons (Fsp3) is 0.364. The highest BCUT2D eigenvalue weighted by molar-refractivity contribution is 5.79. The van der Waals surface area contributed by atoms with Gasteiger partial charge in [-0.1, -0.05) is 6.07 Å². The van der Waals surface area contributed by atoms with Crippen molar-refractivity contribution in [3.8, 4) is 0 Å². The van der Waals surface area contributed by atoms with Crippen molar-refractivity contribution in [3.63, 3.8) is 0 Å². The molecule has 17 heavy (non-hydrogen) atoms. The van der Waals surface area contributed by atoms with E-state index in [0.717, 1.165) is 5.56 Å². The van der Waals surface area contributed by atoms with Gasteiger partial charge in [-0.25, -0.2) is 10.2 Å². The van der Waals surface area contributed by atoms with Crippen LogP contribution in [0.1, 0.15) is 18.9 Å². The van der Waals surface area contributed by atoms with Crippen LogP contribution in [-0.2, 0) is 16.0 Å². The van der Waals surface area contributed by atoms with Gasteiger partial charge in [0.25, 0.3) is 0 Å². The Morgan fingerprint density at radius 1 is 1.41 bits per heavy atom. The number of carbonyl (C=O) groups is 2. The van der Waals surface area contributed by atoms with Crippen LogP contribution in [0.4, 0.5) is 4.79 Å². The second kappa shape index (κ2) is 7.21. The maximum atomic E-state index is 11.3. The highest BCUT2D eigenvalue weighted by Gasteiger charge is 2.04. The molecule has 2 N–H and O–H groups in total. The number of hydrazine groups is 1. The number of pyridine rings is 1. The molecule has 0 aliphatic rings. The number of aryl methyl sites for hydroxylation is 1. The Morgan fingerprint density at radius 2 is 2.24 bits per heavy atom. The summed E-state index contributed by atoms with van der Waals surface area (Å²) in [6.45, 7) is 1.95. The minimum Gasteiger partial charge on any atom is -0.449 e. The van der Waals surface area contributed by atoms with Crippen molar-refractivity contribution in [1.29, 1.82) is 0 Å². The maximum absolute atomic E-state index is 11.3. The average molecular weight is 237 g/mol. The fourth-order valence-corrected chi connectivity index (χ4v) is 1.15. The molecule has 0 aromatic carbocycles. The van der Waals surface area contributed by atoms with Crippen molar-refractivity contribution < 1.29 is 14.3 Å². The van der Waals surface area contributed by atoms with Gasteiger partial charge in [0.2, 0.25) is 5.91 Å². The van der Waals surface area contributed by atoms with Gasteiger partial charge in [-0.15, -0.1) is 0 Å². The Bertz CT molecular complexity index is 367. The first-order valence-corrected chi connectivity index (χ1v) is 5.33. The van der Waals surface area contributed by atoms with E-state index in [4.69, 9.17) is 0 Å². The molecule has 92 valence electrons. The number of amides is 2. The highest BCUT2D eigenvalue weighted by Crippen LogP contribution is 1.99. The Morgan fingerprint density at radius 3 is 2.88 bits per heavy atom. The summed E-state index contributed by atoms with van der Waals surface area (Å²) < 4.78 is 4.58. The Balaban J connectivity index is 2.20. The molecule has 0 unspecified atom stereocenters. The molecule has 2 amide bonds. The summed E-state index contributed by atoms with van der Waals surface area (Å²) in [5, 5.41) is 0. The largest absolute Gasteiger partial charge is 0.449 e. The third kappa shape index (κ3) is 5.50. The predicted molar refractivity (Wildman–Crippen MR) is 60.9 cm³/mol. The second-order valence-corrected chi connectivity index (χ2v) is 3.25. The van der Waals surface area contributed by atoms with Gasteiger partial charge in [-0.05, 0) is 25.0 Å². The van der Waals surface area contributed by atoms with Crippen LogP contribution >= 0.6 is 0 Å². The molecule has 0 fully saturated rings. The summed E-state index contributed by atoms with van der Waals surface area (Å²) in [4.78, 5) is 26.1. The minimum atomic E-state index is -0.665. The van der Waals surface area contributed by atoms with E-state index in [0.29, 0.717) is 6.42 Å². The van der Waals surface area contributed by atoms with Gasteiger partial charge in [-0.2, -0.15) is 0 Å². The molecule has 0 spiro atoms. The summed E-state index contributed by atoms with van der Waals surface area (Å²) in [6.07, 6.45) is 3.56. The first kappa shape index (κ1) is 13.0.